The summed E-state index contributed by atoms with van der Waals surface area (Å²) in [6.07, 6.45) is -0.144. The first-order valence-electron chi connectivity index (χ1n) is 5.39. The van der Waals surface area contributed by atoms with E-state index in [1.54, 1.807) is 7.11 Å². The minimum absolute atomic E-state index is 0.144. The maximum absolute atomic E-state index is 5.46. The van der Waals surface area contributed by atoms with Crippen LogP contribution >= 0.6 is 15.9 Å². The second-order valence-electron chi connectivity index (χ2n) is 3.68. The molecule has 1 atom stereocenters. The Morgan fingerprint density at radius 2 is 1.82 bits per heavy atom. The highest BCUT2D eigenvalue weighted by Gasteiger charge is 2.09. The normalized spacial score (nSPS) is 12.1. The van der Waals surface area contributed by atoms with Crippen LogP contribution in [-0.4, -0.2) is 7.11 Å². The second-order valence-corrected chi connectivity index (χ2v) is 4.60. The van der Waals surface area contributed by atoms with Crippen molar-refractivity contribution in [3.8, 4) is 0 Å². The molecule has 0 amide bonds. The van der Waals surface area contributed by atoms with E-state index in [1.165, 1.54) is 0 Å². The molecule has 3 heteroatoms. The van der Waals surface area contributed by atoms with Crippen molar-refractivity contribution < 1.29 is 4.74 Å². The minimum atomic E-state index is -0.144. The summed E-state index contributed by atoms with van der Waals surface area (Å²) < 4.78 is 6.51. The van der Waals surface area contributed by atoms with Gasteiger partial charge < -0.3 is 10.1 Å². The van der Waals surface area contributed by atoms with E-state index >= 15 is 0 Å². The lowest BCUT2D eigenvalue weighted by Crippen LogP contribution is -2.12. The van der Waals surface area contributed by atoms with Crippen molar-refractivity contribution in [2.45, 2.75) is 6.23 Å². The summed E-state index contributed by atoms with van der Waals surface area (Å²) in [5.41, 5.74) is 2.13. The van der Waals surface area contributed by atoms with Gasteiger partial charge in [0.2, 0.25) is 0 Å². The van der Waals surface area contributed by atoms with Crippen molar-refractivity contribution >= 4 is 21.6 Å². The summed E-state index contributed by atoms with van der Waals surface area (Å²) in [7, 11) is 1.70. The number of rotatable bonds is 4. The first-order valence-corrected chi connectivity index (χ1v) is 6.19. The van der Waals surface area contributed by atoms with Gasteiger partial charge in [-0.3, -0.25) is 0 Å². The molecule has 0 aliphatic heterocycles. The van der Waals surface area contributed by atoms with Crippen LogP contribution in [0, 0.1) is 0 Å². The van der Waals surface area contributed by atoms with Crippen molar-refractivity contribution in [3.05, 3.63) is 64.6 Å². The number of anilines is 1. The number of halogens is 1. The van der Waals surface area contributed by atoms with Gasteiger partial charge in [0.25, 0.3) is 0 Å². The van der Waals surface area contributed by atoms with Gasteiger partial charge in [-0.25, -0.2) is 0 Å². The van der Waals surface area contributed by atoms with Gasteiger partial charge in [-0.2, -0.15) is 0 Å². The number of methoxy groups -OCH3 is 1. The Bertz CT molecular complexity index is 473. The van der Waals surface area contributed by atoms with Crippen LogP contribution in [0.3, 0.4) is 0 Å². The Kier molecular flexibility index (Phi) is 4.18. The second kappa shape index (κ2) is 5.84. The molecule has 2 aromatic carbocycles. The number of hydrogen-bond acceptors (Lipinski definition) is 2. The molecule has 0 aromatic heterocycles. The van der Waals surface area contributed by atoms with Gasteiger partial charge in [-0.05, 0) is 24.3 Å². The minimum Gasteiger partial charge on any atom is -0.357 e. The van der Waals surface area contributed by atoms with E-state index in [0.717, 1.165) is 15.7 Å². The molecular formula is C14H14BrNO. The van der Waals surface area contributed by atoms with Crippen LogP contribution in [0.4, 0.5) is 5.69 Å². The van der Waals surface area contributed by atoms with Gasteiger partial charge in [-0.1, -0.05) is 46.3 Å². The highest BCUT2D eigenvalue weighted by atomic mass is 79.9. The third-order valence-electron chi connectivity index (χ3n) is 2.46. The zero-order valence-corrected chi connectivity index (χ0v) is 11.1. The Hall–Kier alpha value is -1.32. The Morgan fingerprint density at radius 1 is 1.06 bits per heavy atom. The molecule has 1 unspecified atom stereocenters. The average molecular weight is 292 g/mol. The number of para-hydroxylation sites is 1. The lowest BCUT2D eigenvalue weighted by Gasteiger charge is -2.18. The predicted octanol–water partition coefficient (Wildman–Crippen LogP) is 4.21. The Balaban J connectivity index is 2.17. The quantitative estimate of drug-likeness (QED) is 0.852. The van der Waals surface area contributed by atoms with Crippen LogP contribution in [0.25, 0.3) is 0 Å². The van der Waals surface area contributed by atoms with Crippen molar-refractivity contribution in [2.24, 2.45) is 0 Å². The lowest BCUT2D eigenvalue weighted by molar-refractivity contribution is 0.127. The molecule has 1 N–H and O–H groups in total. The van der Waals surface area contributed by atoms with Crippen molar-refractivity contribution in [1.82, 2.24) is 0 Å². The number of ether oxygens (including phenoxy) is 1. The highest BCUT2D eigenvalue weighted by molar-refractivity contribution is 9.10. The monoisotopic (exact) mass is 291 g/mol. The fraction of sp³-hybridized carbons (Fsp3) is 0.143. The molecular weight excluding hydrogens is 278 g/mol. The molecule has 17 heavy (non-hydrogen) atoms. The molecule has 2 aromatic rings. The molecule has 0 aliphatic carbocycles. The topological polar surface area (TPSA) is 21.3 Å². The van der Waals surface area contributed by atoms with E-state index < -0.39 is 0 Å². The zero-order valence-electron chi connectivity index (χ0n) is 9.56. The SMILES string of the molecule is COC(Nc1ccccc1)c1cccc(Br)c1. The summed E-state index contributed by atoms with van der Waals surface area (Å²) in [4.78, 5) is 0. The third kappa shape index (κ3) is 3.32. The van der Waals surface area contributed by atoms with E-state index in [1.807, 2.05) is 54.6 Å². The van der Waals surface area contributed by atoms with E-state index in [2.05, 4.69) is 21.2 Å². The van der Waals surface area contributed by atoms with Crippen LogP contribution in [0.2, 0.25) is 0 Å². The highest BCUT2D eigenvalue weighted by Crippen LogP contribution is 2.22. The predicted molar refractivity (Wildman–Crippen MR) is 74.0 cm³/mol. The molecule has 0 radical (unpaired) electrons. The lowest BCUT2D eigenvalue weighted by atomic mass is 10.2. The Labute approximate surface area is 110 Å². The van der Waals surface area contributed by atoms with E-state index in [4.69, 9.17) is 4.74 Å². The maximum atomic E-state index is 5.46. The van der Waals surface area contributed by atoms with Gasteiger partial charge in [0.15, 0.2) is 6.23 Å². The van der Waals surface area contributed by atoms with Crippen LogP contribution in [0.5, 0.6) is 0 Å². The zero-order chi connectivity index (χ0) is 12.1. The Morgan fingerprint density at radius 3 is 2.47 bits per heavy atom. The molecule has 0 saturated heterocycles. The first-order chi connectivity index (χ1) is 8.29. The first kappa shape index (κ1) is 12.1. The van der Waals surface area contributed by atoms with Crippen LogP contribution in [-0.2, 0) is 4.74 Å². The number of nitrogens with one attached hydrogen (secondary N) is 1. The largest absolute Gasteiger partial charge is 0.357 e. The van der Waals surface area contributed by atoms with Crippen LogP contribution in [0.15, 0.2) is 59.1 Å². The summed E-state index contributed by atoms with van der Waals surface area (Å²) in [6, 6.07) is 18.1. The van der Waals surface area contributed by atoms with Crippen LogP contribution < -0.4 is 5.32 Å². The smallest absolute Gasteiger partial charge is 0.153 e. The van der Waals surface area contributed by atoms with Gasteiger partial charge in [0.05, 0.1) is 0 Å². The van der Waals surface area contributed by atoms with E-state index in [9.17, 15) is 0 Å². The van der Waals surface area contributed by atoms with Gasteiger partial charge >= 0.3 is 0 Å². The molecule has 0 heterocycles. The molecule has 0 fully saturated rings. The van der Waals surface area contributed by atoms with E-state index in [-0.39, 0.29) is 6.23 Å². The standard InChI is InChI=1S/C14H14BrNO/c1-17-14(11-6-5-7-12(15)10-11)16-13-8-3-2-4-9-13/h2-10,14,16H,1H3. The number of hydrogen-bond donors (Lipinski definition) is 1. The molecule has 0 bridgehead atoms. The fourth-order valence-corrected chi connectivity index (χ4v) is 2.05. The summed E-state index contributed by atoms with van der Waals surface area (Å²) >= 11 is 3.46. The van der Waals surface area contributed by atoms with Crippen molar-refractivity contribution in [3.63, 3.8) is 0 Å². The molecule has 2 nitrogen and oxygen atoms in total. The molecule has 0 aliphatic rings. The molecule has 0 saturated carbocycles. The van der Waals surface area contributed by atoms with Crippen molar-refractivity contribution in [1.29, 1.82) is 0 Å². The van der Waals surface area contributed by atoms with E-state index in [0.29, 0.717) is 0 Å². The third-order valence-corrected chi connectivity index (χ3v) is 2.95. The summed E-state index contributed by atoms with van der Waals surface area (Å²) in [6.45, 7) is 0. The molecule has 0 spiro atoms. The van der Waals surface area contributed by atoms with Gasteiger partial charge in [0, 0.05) is 22.8 Å². The van der Waals surface area contributed by atoms with Gasteiger partial charge in [0.1, 0.15) is 0 Å². The van der Waals surface area contributed by atoms with Gasteiger partial charge in [-0.15, -0.1) is 0 Å². The number of benzene rings is 2. The van der Waals surface area contributed by atoms with Crippen molar-refractivity contribution in [2.75, 3.05) is 12.4 Å². The fourth-order valence-electron chi connectivity index (χ4n) is 1.63. The van der Waals surface area contributed by atoms with Crippen LogP contribution in [0.1, 0.15) is 11.8 Å². The molecule has 2 rings (SSSR count). The maximum Gasteiger partial charge on any atom is 0.153 e. The summed E-state index contributed by atoms with van der Waals surface area (Å²) in [5, 5.41) is 3.33. The summed E-state index contributed by atoms with van der Waals surface area (Å²) in [5.74, 6) is 0. The average Bonchev–Trinajstić information content (AvgIpc) is 2.37. The molecule has 88 valence electrons.